The van der Waals surface area contributed by atoms with Crippen LogP contribution in [0, 0.1) is 5.41 Å². The van der Waals surface area contributed by atoms with Gasteiger partial charge in [-0.3, -0.25) is 22.0 Å². The lowest BCUT2D eigenvalue weighted by atomic mass is 9.86. The van der Waals surface area contributed by atoms with Gasteiger partial charge in [-0.25, -0.2) is 9.78 Å². The fourth-order valence-electron chi connectivity index (χ4n) is 1.55. The van der Waals surface area contributed by atoms with Crippen molar-refractivity contribution in [3.63, 3.8) is 0 Å². The number of hydrogen-bond donors (Lipinski definition) is 4. The van der Waals surface area contributed by atoms with Gasteiger partial charge in [0, 0.05) is 12.0 Å². The first-order chi connectivity index (χ1) is 8.88. The van der Waals surface area contributed by atoms with E-state index in [1.54, 1.807) is 20.9 Å². The lowest BCUT2D eigenvalue weighted by Crippen LogP contribution is -2.64. The number of carbonyl (C=O) groups excluding carboxylic acids is 1. The van der Waals surface area contributed by atoms with Crippen LogP contribution in [-0.2, 0) is 24.3 Å². The highest BCUT2D eigenvalue weighted by Gasteiger charge is 2.56. The second-order valence-corrected chi connectivity index (χ2v) is 5.96. The van der Waals surface area contributed by atoms with Crippen LogP contribution in [0.25, 0.3) is 0 Å². The third kappa shape index (κ3) is 3.15. The van der Waals surface area contributed by atoms with E-state index >= 15 is 0 Å². The van der Waals surface area contributed by atoms with Crippen molar-refractivity contribution in [1.82, 2.24) is 5.32 Å². The van der Waals surface area contributed by atoms with Gasteiger partial charge >= 0.3 is 5.91 Å². The van der Waals surface area contributed by atoms with Gasteiger partial charge in [0.2, 0.25) is 5.78 Å². The molecule has 1 aliphatic heterocycles. The first-order valence-corrected chi connectivity index (χ1v) is 6.18. The van der Waals surface area contributed by atoms with Crippen LogP contribution >= 0.6 is 0 Å². The van der Waals surface area contributed by atoms with Gasteiger partial charge in [-0.1, -0.05) is 13.8 Å². The Morgan fingerprint density at radius 3 is 1.80 bits per heavy atom. The maximum atomic E-state index is 12.4. The molecule has 1 saturated heterocycles. The molecule has 0 aromatic heterocycles. The minimum Gasteiger partial charge on any atom is -0.319 e. The summed E-state index contributed by atoms with van der Waals surface area (Å²) in [5, 5.41) is 2.87. The van der Waals surface area contributed by atoms with Crippen molar-refractivity contribution in [2.45, 2.75) is 45.1 Å². The van der Waals surface area contributed by atoms with Crippen molar-refractivity contribution < 1.29 is 24.3 Å². The maximum Gasteiger partial charge on any atom is 0.344 e. The van der Waals surface area contributed by atoms with Gasteiger partial charge in [-0.2, -0.15) is 9.78 Å². The lowest BCUT2D eigenvalue weighted by Gasteiger charge is -2.33. The van der Waals surface area contributed by atoms with Crippen LogP contribution in [-0.4, -0.2) is 36.7 Å². The van der Waals surface area contributed by atoms with E-state index < -0.39 is 28.6 Å². The van der Waals surface area contributed by atoms with Crippen molar-refractivity contribution in [1.29, 1.82) is 0 Å². The van der Waals surface area contributed by atoms with Crippen molar-refractivity contribution in [2.24, 2.45) is 22.6 Å². The Morgan fingerprint density at radius 1 is 1.05 bits per heavy atom. The van der Waals surface area contributed by atoms with E-state index in [1.165, 1.54) is 13.8 Å². The summed E-state index contributed by atoms with van der Waals surface area (Å²) in [6.45, 7) is 6.50. The highest BCUT2D eigenvalue weighted by atomic mass is 17.3. The average Bonchev–Trinajstić information content (AvgIpc) is 2.40. The Kier molecular flexibility index (Phi) is 4.59. The molecular weight excluding hydrogens is 268 g/mol. The molecule has 118 valence electrons. The molecule has 7 N–H and O–H groups in total. The zero-order valence-corrected chi connectivity index (χ0v) is 12.5. The molecule has 0 amide bonds. The summed E-state index contributed by atoms with van der Waals surface area (Å²) in [4.78, 5) is 32.1. The van der Waals surface area contributed by atoms with Gasteiger partial charge in [0.25, 0.3) is 0 Å². The summed E-state index contributed by atoms with van der Waals surface area (Å²) in [6.07, 6.45) is 0. The summed E-state index contributed by atoms with van der Waals surface area (Å²) in [5.41, 5.74) is 13.3. The predicted octanol–water partition coefficient (Wildman–Crippen LogP) is -1.33. The standard InChI is InChI=1S/C11H24N4O5/c1-8(2,6-15-5)7(16)11(14)19-17-9(3,12)10(4,13)18-20-11/h15H,6,12-14H2,1-5H3. The van der Waals surface area contributed by atoms with Crippen LogP contribution < -0.4 is 22.5 Å². The Bertz CT molecular complexity index is 365. The highest BCUT2D eigenvalue weighted by Crippen LogP contribution is 2.32. The molecule has 0 aliphatic carbocycles. The number of nitrogens with one attached hydrogen (secondary N) is 1. The quantitative estimate of drug-likeness (QED) is 0.463. The van der Waals surface area contributed by atoms with Gasteiger partial charge in [0.05, 0.1) is 0 Å². The van der Waals surface area contributed by atoms with Gasteiger partial charge in [0.15, 0.2) is 11.4 Å². The Morgan fingerprint density at radius 2 is 1.45 bits per heavy atom. The van der Waals surface area contributed by atoms with Crippen molar-refractivity contribution >= 4 is 5.78 Å². The molecule has 0 aromatic carbocycles. The van der Waals surface area contributed by atoms with Gasteiger partial charge in [-0.15, -0.1) is 0 Å². The van der Waals surface area contributed by atoms with Crippen LogP contribution in [0.3, 0.4) is 0 Å². The molecular formula is C11H24N4O5. The van der Waals surface area contributed by atoms with Gasteiger partial charge in [0.1, 0.15) is 0 Å². The third-order valence-corrected chi connectivity index (χ3v) is 3.21. The Balaban J connectivity index is 2.99. The molecule has 1 aliphatic rings. The summed E-state index contributed by atoms with van der Waals surface area (Å²) in [5.74, 6) is -2.86. The summed E-state index contributed by atoms with van der Waals surface area (Å²) in [6, 6.07) is 0. The Hall–Kier alpha value is -0.650. The molecule has 9 nitrogen and oxygen atoms in total. The van der Waals surface area contributed by atoms with E-state index in [1.807, 2.05) is 0 Å². The summed E-state index contributed by atoms with van der Waals surface area (Å²) < 4.78 is 0. The SMILES string of the molecule is CNCC(C)(C)C(=O)C1(N)OOC(C)(N)C(C)(N)OO1. The maximum absolute atomic E-state index is 12.4. The first kappa shape index (κ1) is 17.4. The predicted molar refractivity (Wildman–Crippen MR) is 69.2 cm³/mol. The van der Waals surface area contributed by atoms with E-state index in [9.17, 15) is 4.79 Å². The van der Waals surface area contributed by atoms with E-state index in [2.05, 4.69) is 5.32 Å². The summed E-state index contributed by atoms with van der Waals surface area (Å²) >= 11 is 0. The van der Waals surface area contributed by atoms with Gasteiger partial charge < -0.3 is 5.32 Å². The van der Waals surface area contributed by atoms with Crippen molar-refractivity contribution in [3.05, 3.63) is 0 Å². The largest absolute Gasteiger partial charge is 0.344 e. The van der Waals surface area contributed by atoms with E-state index in [4.69, 9.17) is 36.8 Å². The molecule has 1 rings (SSSR count). The number of nitrogens with two attached hydrogens (primary N) is 3. The molecule has 0 saturated carbocycles. The summed E-state index contributed by atoms with van der Waals surface area (Å²) in [7, 11) is 1.70. The number of hydrogen-bond acceptors (Lipinski definition) is 9. The molecule has 1 heterocycles. The zero-order chi connectivity index (χ0) is 15.8. The molecule has 20 heavy (non-hydrogen) atoms. The van der Waals surface area contributed by atoms with Crippen LogP contribution in [0.2, 0.25) is 0 Å². The molecule has 0 spiro atoms. The average molecular weight is 292 g/mol. The van der Waals surface area contributed by atoms with E-state index in [0.29, 0.717) is 6.54 Å². The smallest absolute Gasteiger partial charge is 0.319 e. The van der Waals surface area contributed by atoms with Crippen LogP contribution in [0.4, 0.5) is 0 Å². The Labute approximate surface area is 117 Å². The number of carbonyl (C=O) groups is 1. The van der Waals surface area contributed by atoms with Crippen LogP contribution in [0.1, 0.15) is 27.7 Å². The van der Waals surface area contributed by atoms with Crippen LogP contribution in [0.5, 0.6) is 0 Å². The number of ketones is 1. The van der Waals surface area contributed by atoms with E-state index in [-0.39, 0.29) is 0 Å². The second-order valence-electron chi connectivity index (χ2n) is 5.96. The van der Waals surface area contributed by atoms with Crippen molar-refractivity contribution in [3.8, 4) is 0 Å². The van der Waals surface area contributed by atoms with E-state index in [0.717, 1.165) is 0 Å². The topological polar surface area (TPSA) is 144 Å². The third-order valence-electron chi connectivity index (χ3n) is 3.21. The molecule has 0 bridgehead atoms. The minimum atomic E-state index is -2.27. The molecule has 2 unspecified atom stereocenters. The zero-order valence-electron chi connectivity index (χ0n) is 12.5. The van der Waals surface area contributed by atoms with Crippen LogP contribution in [0.15, 0.2) is 0 Å². The normalized spacial score (nSPS) is 39.4. The monoisotopic (exact) mass is 292 g/mol. The van der Waals surface area contributed by atoms with Gasteiger partial charge in [-0.05, 0) is 20.9 Å². The second kappa shape index (κ2) is 5.28. The molecule has 0 aromatic rings. The fraction of sp³-hybridized carbons (Fsp3) is 0.909. The lowest BCUT2D eigenvalue weighted by molar-refractivity contribution is -0.473. The first-order valence-electron chi connectivity index (χ1n) is 6.18. The molecule has 9 heteroatoms. The molecule has 2 atom stereocenters. The highest BCUT2D eigenvalue weighted by molar-refractivity contribution is 5.90. The number of rotatable bonds is 4. The molecule has 1 fully saturated rings. The number of Topliss-reactive ketones (excluding diaryl/α,β-unsaturated/α-hetero) is 1. The van der Waals surface area contributed by atoms with Crippen molar-refractivity contribution in [2.75, 3.05) is 13.6 Å². The minimum absolute atomic E-state index is 0.345. The molecule has 0 radical (unpaired) electrons. The fourth-order valence-corrected chi connectivity index (χ4v) is 1.55.